The zero-order valence-electron chi connectivity index (χ0n) is 6.38. The summed E-state index contributed by atoms with van der Waals surface area (Å²) in [6.45, 7) is 2.29. The molecule has 10 heavy (non-hydrogen) atoms. The highest BCUT2D eigenvalue weighted by atomic mass is 15.0. The largest absolute Gasteiger partial charge is 0.349 e. The van der Waals surface area contributed by atoms with E-state index in [9.17, 15) is 0 Å². The second kappa shape index (κ2) is 2.15. The van der Waals surface area contributed by atoms with Gasteiger partial charge >= 0.3 is 0 Å². The average Bonchev–Trinajstić information content (AvgIpc) is 2.36. The lowest BCUT2D eigenvalue weighted by Crippen LogP contribution is -2.13. The molecule has 1 atom stereocenters. The van der Waals surface area contributed by atoms with Crippen molar-refractivity contribution >= 4 is 0 Å². The lowest BCUT2D eigenvalue weighted by Gasteiger charge is -2.22. The van der Waals surface area contributed by atoms with E-state index >= 15 is 0 Å². The Morgan fingerprint density at radius 3 is 3.30 bits per heavy atom. The summed E-state index contributed by atoms with van der Waals surface area (Å²) in [4.78, 5) is 0. The fourth-order valence-corrected chi connectivity index (χ4v) is 1.79. The van der Waals surface area contributed by atoms with Crippen molar-refractivity contribution in [3.05, 3.63) is 24.0 Å². The lowest BCUT2D eigenvalue weighted by molar-refractivity contribution is 0.433. The zero-order valence-corrected chi connectivity index (χ0v) is 6.38. The van der Waals surface area contributed by atoms with E-state index in [0.29, 0.717) is 0 Å². The van der Waals surface area contributed by atoms with Crippen LogP contribution in [0.15, 0.2) is 18.3 Å². The van der Waals surface area contributed by atoms with Gasteiger partial charge in [-0.3, -0.25) is 0 Å². The van der Waals surface area contributed by atoms with Crippen LogP contribution in [0.3, 0.4) is 0 Å². The molecule has 1 aliphatic rings. The molecular formula is C9H13N. The summed E-state index contributed by atoms with van der Waals surface area (Å²) in [5, 5.41) is 0. The summed E-state index contributed by atoms with van der Waals surface area (Å²) >= 11 is 0. The number of nitrogens with zero attached hydrogens (tertiary/aromatic N) is 1. The monoisotopic (exact) mass is 135 g/mol. The summed E-state index contributed by atoms with van der Waals surface area (Å²) in [5.41, 5.74) is 1.51. The van der Waals surface area contributed by atoms with Gasteiger partial charge in [-0.25, -0.2) is 0 Å². The fourth-order valence-electron chi connectivity index (χ4n) is 1.79. The molecule has 54 valence electrons. The maximum absolute atomic E-state index is 2.39. The molecule has 0 aromatic carbocycles. The second-order valence-corrected chi connectivity index (χ2v) is 3.15. The maximum atomic E-state index is 2.39. The van der Waals surface area contributed by atoms with Gasteiger partial charge in [-0.1, -0.05) is 0 Å². The molecule has 1 nitrogen and oxygen atoms in total. The SMILES string of the molecule is CC1CCCc2cccn21. The first-order valence-corrected chi connectivity index (χ1v) is 4.03. The van der Waals surface area contributed by atoms with Gasteiger partial charge in [0, 0.05) is 17.9 Å². The summed E-state index contributed by atoms with van der Waals surface area (Å²) in [5.74, 6) is 0. The molecule has 1 unspecified atom stereocenters. The molecule has 2 heterocycles. The maximum Gasteiger partial charge on any atom is 0.0305 e. The number of aryl methyl sites for hydroxylation is 1. The predicted molar refractivity (Wildman–Crippen MR) is 42.1 cm³/mol. The van der Waals surface area contributed by atoms with E-state index in [1.807, 2.05) is 0 Å². The van der Waals surface area contributed by atoms with Crippen LogP contribution in [0.5, 0.6) is 0 Å². The quantitative estimate of drug-likeness (QED) is 0.514. The standard InChI is InChI=1S/C9H13N/c1-8-4-2-5-9-6-3-7-10(8)9/h3,6-8H,2,4-5H2,1H3. The molecule has 0 saturated heterocycles. The first kappa shape index (κ1) is 6.02. The van der Waals surface area contributed by atoms with Gasteiger partial charge in [0.2, 0.25) is 0 Å². The molecule has 2 rings (SSSR count). The summed E-state index contributed by atoms with van der Waals surface area (Å²) in [6, 6.07) is 5.12. The van der Waals surface area contributed by atoms with Gasteiger partial charge in [0.05, 0.1) is 0 Å². The third-order valence-electron chi connectivity index (χ3n) is 2.40. The third-order valence-corrected chi connectivity index (χ3v) is 2.40. The highest BCUT2D eigenvalue weighted by Gasteiger charge is 2.12. The van der Waals surface area contributed by atoms with Gasteiger partial charge in [0.25, 0.3) is 0 Å². The first-order chi connectivity index (χ1) is 4.88. The van der Waals surface area contributed by atoms with Gasteiger partial charge in [0.15, 0.2) is 0 Å². The second-order valence-electron chi connectivity index (χ2n) is 3.15. The number of fused-ring (bicyclic) bond motifs is 1. The molecule has 0 aliphatic carbocycles. The smallest absolute Gasteiger partial charge is 0.0305 e. The summed E-state index contributed by atoms with van der Waals surface area (Å²) in [7, 11) is 0. The Morgan fingerprint density at radius 2 is 2.50 bits per heavy atom. The van der Waals surface area contributed by atoms with Crippen molar-refractivity contribution in [2.45, 2.75) is 32.2 Å². The van der Waals surface area contributed by atoms with Crippen molar-refractivity contribution in [2.75, 3.05) is 0 Å². The van der Waals surface area contributed by atoms with E-state index in [1.165, 1.54) is 25.0 Å². The van der Waals surface area contributed by atoms with E-state index in [4.69, 9.17) is 0 Å². The zero-order chi connectivity index (χ0) is 6.97. The fraction of sp³-hybridized carbons (Fsp3) is 0.556. The van der Waals surface area contributed by atoms with Crippen LogP contribution in [0.1, 0.15) is 31.5 Å². The Hall–Kier alpha value is -0.720. The Balaban J connectivity index is 2.41. The van der Waals surface area contributed by atoms with Crippen molar-refractivity contribution in [1.82, 2.24) is 4.57 Å². The Labute approximate surface area is 61.7 Å². The molecule has 0 fully saturated rings. The Bertz CT molecular complexity index is 224. The lowest BCUT2D eigenvalue weighted by atomic mass is 10.0. The highest BCUT2D eigenvalue weighted by molar-refractivity contribution is 5.10. The predicted octanol–water partition coefficient (Wildman–Crippen LogP) is 2.39. The molecule has 0 bridgehead atoms. The average molecular weight is 135 g/mol. The van der Waals surface area contributed by atoms with E-state index in [-0.39, 0.29) is 0 Å². The van der Waals surface area contributed by atoms with E-state index in [1.54, 1.807) is 0 Å². The van der Waals surface area contributed by atoms with Crippen LogP contribution in [0.4, 0.5) is 0 Å². The van der Waals surface area contributed by atoms with Crippen LogP contribution >= 0.6 is 0 Å². The summed E-state index contributed by atoms with van der Waals surface area (Å²) in [6.07, 6.45) is 6.18. The molecule has 1 aromatic heterocycles. The van der Waals surface area contributed by atoms with E-state index in [0.717, 1.165) is 6.04 Å². The van der Waals surface area contributed by atoms with Crippen LogP contribution in [-0.4, -0.2) is 4.57 Å². The third kappa shape index (κ3) is 0.772. The molecule has 0 amide bonds. The number of hydrogen-bond acceptors (Lipinski definition) is 0. The van der Waals surface area contributed by atoms with Gasteiger partial charge in [0.1, 0.15) is 0 Å². The topological polar surface area (TPSA) is 4.93 Å². The number of aromatic nitrogens is 1. The molecule has 1 heteroatoms. The van der Waals surface area contributed by atoms with E-state index < -0.39 is 0 Å². The normalized spacial score (nSPS) is 24.3. The Kier molecular flexibility index (Phi) is 1.30. The molecule has 0 spiro atoms. The first-order valence-electron chi connectivity index (χ1n) is 4.03. The minimum Gasteiger partial charge on any atom is -0.349 e. The molecule has 1 aliphatic heterocycles. The van der Waals surface area contributed by atoms with Gasteiger partial charge in [-0.05, 0) is 38.3 Å². The van der Waals surface area contributed by atoms with Crippen LogP contribution in [-0.2, 0) is 6.42 Å². The number of hydrogen-bond donors (Lipinski definition) is 0. The van der Waals surface area contributed by atoms with Crippen molar-refractivity contribution < 1.29 is 0 Å². The minimum absolute atomic E-state index is 0.735. The highest BCUT2D eigenvalue weighted by Crippen LogP contribution is 2.23. The van der Waals surface area contributed by atoms with Crippen molar-refractivity contribution in [3.63, 3.8) is 0 Å². The van der Waals surface area contributed by atoms with Crippen LogP contribution in [0.2, 0.25) is 0 Å². The van der Waals surface area contributed by atoms with Crippen molar-refractivity contribution in [3.8, 4) is 0 Å². The van der Waals surface area contributed by atoms with Crippen LogP contribution < -0.4 is 0 Å². The van der Waals surface area contributed by atoms with Crippen molar-refractivity contribution in [2.24, 2.45) is 0 Å². The molecule has 0 N–H and O–H groups in total. The van der Waals surface area contributed by atoms with Gasteiger partial charge in [-0.2, -0.15) is 0 Å². The Morgan fingerprint density at radius 1 is 1.60 bits per heavy atom. The van der Waals surface area contributed by atoms with Crippen LogP contribution in [0, 0.1) is 0 Å². The van der Waals surface area contributed by atoms with Gasteiger partial charge in [-0.15, -0.1) is 0 Å². The summed E-state index contributed by atoms with van der Waals surface area (Å²) < 4.78 is 2.39. The molecule has 0 saturated carbocycles. The molecule has 0 radical (unpaired) electrons. The van der Waals surface area contributed by atoms with Crippen LogP contribution in [0.25, 0.3) is 0 Å². The van der Waals surface area contributed by atoms with Crippen molar-refractivity contribution in [1.29, 1.82) is 0 Å². The van der Waals surface area contributed by atoms with Gasteiger partial charge < -0.3 is 4.57 Å². The number of rotatable bonds is 0. The molecule has 1 aromatic rings. The molecular weight excluding hydrogens is 122 g/mol. The van der Waals surface area contributed by atoms with E-state index in [2.05, 4.69) is 29.8 Å². The minimum atomic E-state index is 0.735.